The Hall–Kier alpha value is -1.62. The average Bonchev–Trinajstić information content (AvgIpc) is 2.31. The van der Waals surface area contributed by atoms with E-state index in [1.165, 1.54) is 12.1 Å². The van der Waals surface area contributed by atoms with Crippen LogP contribution < -0.4 is 15.8 Å². The van der Waals surface area contributed by atoms with Gasteiger partial charge in [-0.15, -0.1) is 0 Å². The normalized spacial score (nSPS) is 13.9. The number of anilines is 1. The van der Waals surface area contributed by atoms with Crippen molar-refractivity contribution >= 4 is 11.6 Å². The smallest absolute Gasteiger partial charge is 0.244 e. The van der Waals surface area contributed by atoms with Gasteiger partial charge in [-0.3, -0.25) is 4.79 Å². The van der Waals surface area contributed by atoms with Gasteiger partial charge in [-0.1, -0.05) is 13.3 Å². The highest BCUT2D eigenvalue weighted by atomic mass is 19.1. The summed E-state index contributed by atoms with van der Waals surface area (Å²) < 4.78 is 19.3. The molecule has 1 aromatic carbocycles. The summed E-state index contributed by atoms with van der Waals surface area (Å²) in [6.45, 7) is 7.30. The molecule has 1 aromatic rings. The van der Waals surface area contributed by atoms with Crippen molar-refractivity contribution in [3.8, 4) is 5.75 Å². The SMILES string of the molecule is CCCC(C)(N)C(=O)Nc1ccc(OC(C)C)cc1F. The highest BCUT2D eigenvalue weighted by Gasteiger charge is 2.27. The summed E-state index contributed by atoms with van der Waals surface area (Å²) in [5.41, 5.74) is 5.01. The van der Waals surface area contributed by atoms with Crippen LogP contribution in [0, 0.1) is 5.82 Å². The molecule has 0 aliphatic carbocycles. The summed E-state index contributed by atoms with van der Waals surface area (Å²) >= 11 is 0. The number of benzene rings is 1. The highest BCUT2D eigenvalue weighted by molar-refractivity contribution is 5.97. The van der Waals surface area contributed by atoms with E-state index in [1.54, 1.807) is 13.0 Å². The monoisotopic (exact) mass is 282 g/mol. The Morgan fingerprint density at radius 3 is 2.65 bits per heavy atom. The zero-order valence-electron chi connectivity index (χ0n) is 12.5. The lowest BCUT2D eigenvalue weighted by molar-refractivity contribution is -0.120. The summed E-state index contributed by atoms with van der Waals surface area (Å²) in [5, 5.41) is 2.52. The largest absolute Gasteiger partial charge is 0.491 e. The molecule has 0 radical (unpaired) electrons. The van der Waals surface area contributed by atoms with Crippen molar-refractivity contribution in [2.45, 2.75) is 52.2 Å². The Labute approximate surface area is 119 Å². The molecular weight excluding hydrogens is 259 g/mol. The maximum absolute atomic E-state index is 13.9. The van der Waals surface area contributed by atoms with Gasteiger partial charge in [0.2, 0.25) is 5.91 Å². The fourth-order valence-corrected chi connectivity index (χ4v) is 1.84. The fourth-order valence-electron chi connectivity index (χ4n) is 1.84. The Kier molecular flexibility index (Phi) is 5.51. The Morgan fingerprint density at radius 2 is 2.15 bits per heavy atom. The third-order valence-corrected chi connectivity index (χ3v) is 2.85. The van der Waals surface area contributed by atoms with Crippen LogP contribution in [0.2, 0.25) is 0 Å². The molecule has 0 aliphatic heterocycles. The second-order valence-electron chi connectivity index (χ2n) is 5.43. The van der Waals surface area contributed by atoms with E-state index in [1.807, 2.05) is 20.8 Å². The fraction of sp³-hybridized carbons (Fsp3) is 0.533. The molecule has 5 heteroatoms. The van der Waals surface area contributed by atoms with E-state index < -0.39 is 17.3 Å². The number of carbonyl (C=O) groups is 1. The van der Waals surface area contributed by atoms with E-state index in [0.717, 1.165) is 6.42 Å². The van der Waals surface area contributed by atoms with E-state index in [0.29, 0.717) is 12.2 Å². The van der Waals surface area contributed by atoms with Gasteiger partial charge in [-0.2, -0.15) is 0 Å². The van der Waals surface area contributed by atoms with Crippen LogP contribution in [0.25, 0.3) is 0 Å². The molecule has 4 nitrogen and oxygen atoms in total. The minimum absolute atomic E-state index is 0.0354. The minimum atomic E-state index is -1.01. The Balaban J connectivity index is 2.81. The molecule has 1 atom stereocenters. The lowest BCUT2D eigenvalue weighted by Crippen LogP contribution is -2.48. The zero-order valence-corrected chi connectivity index (χ0v) is 12.5. The van der Waals surface area contributed by atoms with Gasteiger partial charge in [0.05, 0.1) is 17.3 Å². The van der Waals surface area contributed by atoms with E-state index in [4.69, 9.17) is 10.5 Å². The predicted molar refractivity (Wildman–Crippen MR) is 78.3 cm³/mol. The molecule has 1 rings (SSSR count). The first-order valence-corrected chi connectivity index (χ1v) is 6.83. The molecule has 0 spiro atoms. The van der Waals surface area contributed by atoms with Crippen LogP contribution in [0.15, 0.2) is 18.2 Å². The van der Waals surface area contributed by atoms with Gasteiger partial charge in [0.1, 0.15) is 11.6 Å². The lowest BCUT2D eigenvalue weighted by atomic mass is 9.96. The zero-order chi connectivity index (χ0) is 15.3. The third-order valence-electron chi connectivity index (χ3n) is 2.85. The number of nitrogens with one attached hydrogen (secondary N) is 1. The van der Waals surface area contributed by atoms with Crippen LogP contribution in [0.4, 0.5) is 10.1 Å². The van der Waals surface area contributed by atoms with Gasteiger partial charge in [-0.25, -0.2) is 4.39 Å². The molecule has 0 bridgehead atoms. The van der Waals surface area contributed by atoms with Gasteiger partial charge in [0, 0.05) is 6.07 Å². The molecular formula is C15H23FN2O2. The van der Waals surface area contributed by atoms with E-state index in [2.05, 4.69) is 5.32 Å². The van der Waals surface area contributed by atoms with Crippen LogP contribution in [0.3, 0.4) is 0 Å². The van der Waals surface area contributed by atoms with Crippen LogP contribution in [-0.2, 0) is 4.79 Å². The van der Waals surface area contributed by atoms with Crippen LogP contribution in [0.5, 0.6) is 5.75 Å². The molecule has 1 unspecified atom stereocenters. The van der Waals surface area contributed by atoms with Crippen molar-refractivity contribution in [1.82, 2.24) is 0 Å². The summed E-state index contributed by atoms with van der Waals surface area (Å²) in [6, 6.07) is 4.35. The molecule has 1 amide bonds. The topological polar surface area (TPSA) is 64.4 Å². The number of rotatable bonds is 6. The number of carbonyl (C=O) groups excluding carboxylic acids is 1. The molecule has 0 saturated carbocycles. The van der Waals surface area contributed by atoms with Gasteiger partial charge in [0.25, 0.3) is 0 Å². The molecule has 3 N–H and O–H groups in total. The van der Waals surface area contributed by atoms with Gasteiger partial charge in [-0.05, 0) is 39.3 Å². The molecule has 0 aliphatic rings. The van der Waals surface area contributed by atoms with Crippen molar-refractivity contribution in [2.24, 2.45) is 5.73 Å². The highest BCUT2D eigenvalue weighted by Crippen LogP contribution is 2.22. The molecule has 20 heavy (non-hydrogen) atoms. The van der Waals surface area contributed by atoms with Crippen molar-refractivity contribution in [1.29, 1.82) is 0 Å². The number of hydrogen-bond acceptors (Lipinski definition) is 3. The number of ether oxygens (including phenoxy) is 1. The maximum atomic E-state index is 13.9. The van der Waals surface area contributed by atoms with Crippen molar-refractivity contribution in [2.75, 3.05) is 5.32 Å². The molecule has 0 fully saturated rings. The van der Waals surface area contributed by atoms with E-state index >= 15 is 0 Å². The third kappa shape index (κ3) is 4.49. The van der Waals surface area contributed by atoms with Crippen molar-refractivity contribution in [3.63, 3.8) is 0 Å². The van der Waals surface area contributed by atoms with Crippen molar-refractivity contribution in [3.05, 3.63) is 24.0 Å². The van der Waals surface area contributed by atoms with Crippen LogP contribution >= 0.6 is 0 Å². The van der Waals surface area contributed by atoms with E-state index in [9.17, 15) is 9.18 Å². The minimum Gasteiger partial charge on any atom is -0.491 e. The second kappa shape index (κ2) is 6.70. The standard InChI is InChI=1S/C15H23FN2O2/c1-5-8-15(4,17)14(19)18-13-7-6-11(9-12(13)16)20-10(2)3/h6-7,9-10H,5,8,17H2,1-4H3,(H,18,19). The van der Waals surface area contributed by atoms with Crippen LogP contribution in [-0.4, -0.2) is 17.6 Å². The quantitative estimate of drug-likeness (QED) is 0.842. The Bertz CT molecular complexity index is 473. The first-order chi connectivity index (χ1) is 9.26. The predicted octanol–water partition coefficient (Wildman–Crippen LogP) is 3.07. The molecule has 0 aromatic heterocycles. The molecule has 0 heterocycles. The van der Waals surface area contributed by atoms with Gasteiger partial charge < -0.3 is 15.8 Å². The number of nitrogens with two attached hydrogens (primary N) is 1. The number of amides is 1. The van der Waals surface area contributed by atoms with Gasteiger partial charge >= 0.3 is 0 Å². The second-order valence-corrected chi connectivity index (χ2v) is 5.43. The van der Waals surface area contributed by atoms with Gasteiger partial charge in [0.15, 0.2) is 0 Å². The molecule has 0 saturated heterocycles. The summed E-state index contributed by atoms with van der Waals surface area (Å²) in [6.07, 6.45) is 1.28. The first-order valence-electron chi connectivity index (χ1n) is 6.83. The number of hydrogen-bond donors (Lipinski definition) is 2. The number of halogens is 1. The van der Waals surface area contributed by atoms with Crippen LogP contribution in [0.1, 0.15) is 40.5 Å². The summed E-state index contributed by atoms with van der Waals surface area (Å²) in [4.78, 5) is 12.0. The summed E-state index contributed by atoms with van der Waals surface area (Å²) in [7, 11) is 0. The maximum Gasteiger partial charge on any atom is 0.244 e. The van der Waals surface area contributed by atoms with E-state index in [-0.39, 0.29) is 11.8 Å². The lowest BCUT2D eigenvalue weighted by Gasteiger charge is -2.23. The molecule has 112 valence electrons. The van der Waals surface area contributed by atoms with Crippen molar-refractivity contribution < 1.29 is 13.9 Å². The average molecular weight is 282 g/mol. The summed E-state index contributed by atoms with van der Waals surface area (Å²) in [5.74, 6) is -0.501. The first kappa shape index (κ1) is 16.4. The Morgan fingerprint density at radius 1 is 1.50 bits per heavy atom.